The van der Waals surface area contributed by atoms with Crippen molar-refractivity contribution in [1.29, 1.82) is 0 Å². The Bertz CT molecular complexity index is 503. The van der Waals surface area contributed by atoms with Crippen molar-refractivity contribution < 1.29 is 14.6 Å². The summed E-state index contributed by atoms with van der Waals surface area (Å²) in [6.07, 6.45) is -0.0111. The van der Waals surface area contributed by atoms with E-state index in [2.05, 4.69) is 17.2 Å². The molecule has 0 aliphatic carbocycles. The molecule has 0 aromatic heterocycles. The van der Waals surface area contributed by atoms with E-state index in [1.165, 1.54) is 0 Å². The van der Waals surface area contributed by atoms with Crippen molar-refractivity contribution in [2.24, 2.45) is 0 Å². The number of carbonyl (C=O) groups excluding carboxylic acids is 1. The molecule has 4 nitrogen and oxygen atoms in total. The monoisotopic (exact) mass is 281 g/mol. The first-order valence-corrected chi connectivity index (χ1v) is 6.21. The van der Waals surface area contributed by atoms with Crippen LogP contribution in [0.15, 0.2) is 18.2 Å². The van der Waals surface area contributed by atoms with Crippen LogP contribution >= 0.6 is 11.6 Å². The second kappa shape index (κ2) is 7.80. The summed E-state index contributed by atoms with van der Waals surface area (Å²) < 4.78 is 5.19. The van der Waals surface area contributed by atoms with Crippen LogP contribution < -0.4 is 5.32 Å². The quantitative estimate of drug-likeness (QED) is 0.831. The van der Waals surface area contributed by atoms with E-state index in [0.29, 0.717) is 16.3 Å². The number of carbonyl (C=O) groups is 1. The predicted octanol–water partition coefficient (Wildman–Crippen LogP) is 2.05. The van der Waals surface area contributed by atoms with Crippen LogP contribution in [0.5, 0.6) is 0 Å². The average Bonchev–Trinajstić information content (AvgIpc) is 2.37. The van der Waals surface area contributed by atoms with Gasteiger partial charge in [-0.05, 0) is 32.0 Å². The van der Waals surface area contributed by atoms with E-state index in [0.717, 1.165) is 0 Å². The van der Waals surface area contributed by atoms with E-state index >= 15 is 0 Å². The fraction of sp³-hybridized carbons (Fsp3) is 0.357. The average molecular weight is 282 g/mol. The van der Waals surface area contributed by atoms with Gasteiger partial charge in [0.25, 0.3) is 0 Å². The lowest BCUT2D eigenvalue weighted by atomic mass is 10.2. The number of aliphatic hydroxyl groups excluding tert-OH is 1. The maximum absolute atomic E-state index is 11.6. The predicted molar refractivity (Wildman–Crippen MR) is 75.1 cm³/mol. The van der Waals surface area contributed by atoms with Gasteiger partial charge in [0.05, 0.1) is 16.8 Å². The number of amides is 1. The summed E-state index contributed by atoms with van der Waals surface area (Å²) in [4.78, 5) is 11.6. The fourth-order valence-electron chi connectivity index (χ4n) is 1.27. The highest BCUT2D eigenvalue weighted by atomic mass is 35.5. The highest BCUT2D eigenvalue weighted by Gasteiger charge is 2.07. The van der Waals surface area contributed by atoms with Crippen molar-refractivity contribution in [2.45, 2.75) is 20.0 Å². The summed E-state index contributed by atoms with van der Waals surface area (Å²) in [5.41, 5.74) is 1.14. The highest BCUT2D eigenvalue weighted by Crippen LogP contribution is 2.22. The Hall–Kier alpha value is -1.54. The first-order chi connectivity index (χ1) is 9.02. The van der Waals surface area contributed by atoms with Crippen molar-refractivity contribution >= 4 is 23.2 Å². The third-order valence-electron chi connectivity index (χ3n) is 2.10. The number of aliphatic hydroxyl groups is 1. The topological polar surface area (TPSA) is 58.6 Å². The lowest BCUT2D eigenvalue weighted by Crippen LogP contribution is -2.20. The van der Waals surface area contributed by atoms with Gasteiger partial charge in [0.15, 0.2) is 0 Å². The number of nitrogens with one attached hydrogen (secondary N) is 1. The molecule has 2 N–H and O–H groups in total. The SMILES string of the molecule is CC(C)OCC(=O)Nc1cc(C#CCO)ccc1Cl. The zero-order valence-corrected chi connectivity index (χ0v) is 11.6. The Balaban J connectivity index is 2.74. The molecule has 0 radical (unpaired) electrons. The van der Waals surface area contributed by atoms with Crippen LogP contribution in [0.3, 0.4) is 0 Å². The molecule has 102 valence electrons. The summed E-state index contributed by atoms with van der Waals surface area (Å²) in [5, 5.41) is 11.7. The Morgan fingerprint density at radius 1 is 1.53 bits per heavy atom. The van der Waals surface area contributed by atoms with Crippen LogP contribution in [0.4, 0.5) is 5.69 Å². The van der Waals surface area contributed by atoms with E-state index < -0.39 is 0 Å². The molecule has 0 aliphatic rings. The zero-order chi connectivity index (χ0) is 14.3. The minimum atomic E-state index is -0.275. The van der Waals surface area contributed by atoms with Crippen molar-refractivity contribution in [1.82, 2.24) is 0 Å². The summed E-state index contributed by atoms with van der Waals surface area (Å²) in [5.74, 6) is 5.00. The molecular weight excluding hydrogens is 266 g/mol. The zero-order valence-electron chi connectivity index (χ0n) is 10.9. The lowest BCUT2D eigenvalue weighted by molar-refractivity contribution is -0.121. The van der Waals surface area contributed by atoms with E-state index in [1.807, 2.05) is 13.8 Å². The van der Waals surface area contributed by atoms with Crippen molar-refractivity contribution in [2.75, 3.05) is 18.5 Å². The first-order valence-electron chi connectivity index (χ1n) is 5.83. The molecule has 0 atom stereocenters. The molecule has 0 unspecified atom stereocenters. The summed E-state index contributed by atoms with van der Waals surface area (Å²) >= 11 is 5.98. The smallest absolute Gasteiger partial charge is 0.250 e. The van der Waals surface area contributed by atoms with Gasteiger partial charge in [0.2, 0.25) is 5.91 Å². The number of hydrogen-bond donors (Lipinski definition) is 2. The maximum atomic E-state index is 11.6. The van der Waals surface area contributed by atoms with Crippen LogP contribution in [0, 0.1) is 11.8 Å². The third-order valence-corrected chi connectivity index (χ3v) is 2.43. The number of ether oxygens (including phenoxy) is 1. The van der Waals surface area contributed by atoms with Gasteiger partial charge >= 0.3 is 0 Å². The summed E-state index contributed by atoms with van der Waals surface area (Å²) in [7, 11) is 0. The Morgan fingerprint density at radius 3 is 2.89 bits per heavy atom. The van der Waals surface area contributed by atoms with Crippen LogP contribution in [0.1, 0.15) is 19.4 Å². The van der Waals surface area contributed by atoms with Gasteiger partial charge in [-0.2, -0.15) is 0 Å². The molecule has 5 heteroatoms. The normalized spacial score (nSPS) is 9.95. The Labute approximate surface area is 117 Å². The molecule has 1 rings (SSSR count). The van der Waals surface area contributed by atoms with Gasteiger partial charge in [-0.15, -0.1) is 0 Å². The first kappa shape index (κ1) is 15.5. The highest BCUT2D eigenvalue weighted by molar-refractivity contribution is 6.33. The molecule has 0 saturated carbocycles. The lowest BCUT2D eigenvalue weighted by Gasteiger charge is -2.10. The molecule has 0 fully saturated rings. The van der Waals surface area contributed by atoms with Gasteiger partial charge in [-0.3, -0.25) is 4.79 Å². The van der Waals surface area contributed by atoms with E-state index in [9.17, 15) is 4.79 Å². The molecule has 0 saturated heterocycles. The minimum absolute atomic E-state index is 0.0111. The summed E-state index contributed by atoms with van der Waals surface area (Å²) in [6, 6.07) is 5.01. The third kappa shape index (κ3) is 5.75. The fourth-order valence-corrected chi connectivity index (χ4v) is 1.43. The van der Waals surface area contributed by atoms with Gasteiger partial charge in [-0.25, -0.2) is 0 Å². The largest absolute Gasteiger partial charge is 0.384 e. The minimum Gasteiger partial charge on any atom is -0.384 e. The van der Waals surface area contributed by atoms with Gasteiger partial charge in [-0.1, -0.05) is 23.4 Å². The Morgan fingerprint density at radius 2 is 2.26 bits per heavy atom. The van der Waals surface area contributed by atoms with Gasteiger partial charge < -0.3 is 15.2 Å². The second-order valence-electron chi connectivity index (χ2n) is 4.06. The van der Waals surface area contributed by atoms with Crippen LogP contribution in [-0.2, 0) is 9.53 Å². The number of rotatable bonds is 4. The standard InChI is InChI=1S/C14H16ClNO3/c1-10(2)19-9-14(18)16-13-8-11(4-3-7-17)5-6-12(13)15/h5-6,8,10,17H,7,9H2,1-2H3,(H,16,18). The molecule has 1 aromatic carbocycles. The van der Waals surface area contributed by atoms with E-state index in [1.54, 1.807) is 18.2 Å². The summed E-state index contributed by atoms with van der Waals surface area (Å²) in [6.45, 7) is 3.46. The molecule has 0 bridgehead atoms. The van der Waals surface area contributed by atoms with Gasteiger partial charge in [0.1, 0.15) is 13.2 Å². The molecular formula is C14H16ClNO3. The number of benzene rings is 1. The molecule has 0 aliphatic heterocycles. The molecule has 1 aromatic rings. The van der Waals surface area contributed by atoms with Crippen LogP contribution in [0.2, 0.25) is 5.02 Å². The van der Waals surface area contributed by atoms with Gasteiger partial charge in [0, 0.05) is 5.56 Å². The van der Waals surface area contributed by atoms with Crippen LogP contribution in [-0.4, -0.2) is 30.3 Å². The number of anilines is 1. The van der Waals surface area contributed by atoms with Crippen molar-refractivity contribution in [3.63, 3.8) is 0 Å². The van der Waals surface area contributed by atoms with Crippen molar-refractivity contribution in [3.05, 3.63) is 28.8 Å². The molecule has 19 heavy (non-hydrogen) atoms. The second-order valence-corrected chi connectivity index (χ2v) is 4.47. The molecule has 1 amide bonds. The van der Waals surface area contributed by atoms with Crippen molar-refractivity contribution in [3.8, 4) is 11.8 Å². The number of halogens is 1. The van der Waals surface area contributed by atoms with Crippen LogP contribution in [0.25, 0.3) is 0 Å². The molecule has 0 spiro atoms. The molecule has 0 heterocycles. The van der Waals surface area contributed by atoms with E-state index in [-0.39, 0.29) is 25.2 Å². The maximum Gasteiger partial charge on any atom is 0.250 e. The van der Waals surface area contributed by atoms with E-state index in [4.69, 9.17) is 21.4 Å². The number of hydrogen-bond acceptors (Lipinski definition) is 3. The Kier molecular flexibility index (Phi) is 6.37.